The Hall–Kier alpha value is -1.15. The van der Waals surface area contributed by atoms with Gasteiger partial charge in [0, 0.05) is 65.0 Å². The molecule has 5 N–H and O–H groups in total. The van der Waals surface area contributed by atoms with E-state index in [0.717, 1.165) is 0 Å². The van der Waals surface area contributed by atoms with Crippen LogP contribution in [0, 0.1) is 11.3 Å². The molecule has 0 aromatic carbocycles. The standard InChI is InChI=1S/C27H48O11/c1-8-16(14-28)9-15(2)19-10-17(34-5)13-22(29)26(3,4)27(33)24(31)21(36-7)12-18(38-27)11-20(35-6)23(30)25(32)37-19/h9,16-24,28-31,33H,8,10-14H2,1-7H3/b15-9+/t16-,17-,18-,19?,20-,21+,22+,23+,24+,27-/m0/s1. The van der Waals surface area contributed by atoms with E-state index in [1.54, 1.807) is 20.8 Å². The summed E-state index contributed by atoms with van der Waals surface area (Å²) in [7, 11) is 4.20. The summed E-state index contributed by atoms with van der Waals surface area (Å²) in [5.74, 6) is -3.29. The summed E-state index contributed by atoms with van der Waals surface area (Å²) >= 11 is 0. The van der Waals surface area contributed by atoms with Crippen LogP contribution in [-0.4, -0.2) is 114 Å². The van der Waals surface area contributed by atoms with Crippen LogP contribution in [0.2, 0.25) is 0 Å². The van der Waals surface area contributed by atoms with Gasteiger partial charge < -0.3 is 49.2 Å². The maximum absolute atomic E-state index is 13.1. The van der Waals surface area contributed by atoms with Gasteiger partial charge in [0.15, 0.2) is 6.10 Å². The smallest absolute Gasteiger partial charge is 0.338 e. The first-order chi connectivity index (χ1) is 17.8. The highest BCUT2D eigenvalue weighted by Gasteiger charge is 2.60. The molecule has 11 heteroatoms. The van der Waals surface area contributed by atoms with Gasteiger partial charge in [-0.05, 0) is 18.9 Å². The summed E-state index contributed by atoms with van der Waals surface area (Å²) in [4.78, 5) is 13.1. The number of carbonyl (C=O) groups excluding carboxylic acids is 1. The maximum atomic E-state index is 13.1. The normalized spacial score (nSPS) is 40.2. The van der Waals surface area contributed by atoms with Gasteiger partial charge >= 0.3 is 5.97 Å². The molecule has 0 amide bonds. The zero-order valence-corrected chi connectivity index (χ0v) is 23.7. The largest absolute Gasteiger partial charge is 0.456 e. The number of cyclic esters (lactones) is 1. The Morgan fingerprint density at radius 3 is 2.18 bits per heavy atom. The summed E-state index contributed by atoms with van der Waals surface area (Å²) in [5, 5.41) is 54.7. The molecule has 0 aromatic heterocycles. The number of hydrogen-bond acceptors (Lipinski definition) is 11. The minimum atomic E-state index is -2.23. The highest BCUT2D eigenvalue weighted by atomic mass is 16.7. The fourth-order valence-corrected chi connectivity index (χ4v) is 5.30. The van der Waals surface area contributed by atoms with Crippen LogP contribution in [0.5, 0.6) is 0 Å². The molecule has 2 saturated heterocycles. The molecule has 0 aromatic rings. The number of aliphatic hydroxyl groups excluding tert-OH is 4. The Labute approximate surface area is 225 Å². The van der Waals surface area contributed by atoms with Gasteiger partial charge in [0.2, 0.25) is 5.79 Å². The van der Waals surface area contributed by atoms with Gasteiger partial charge in [0.25, 0.3) is 0 Å². The average Bonchev–Trinajstić information content (AvgIpc) is 2.89. The van der Waals surface area contributed by atoms with Crippen LogP contribution in [0.4, 0.5) is 0 Å². The topological polar surface area (TPSA) is 164 Å². The predicted octanol–water partition coefficient (Wildman–Crippen LogP) is 0.678. The number of methoxy groups -OCH3 is 3. The number of fused-ring (bicyclic) bond motifs is 2. The van der Waals surface area contributed by atoms with Gasteiger partial charge in [0.1, 0.15) is 12.2 Å². The number of ether oxygens (including phenoxy) is 5. The van der Waals surface area contributed by atoms with Gasteiger partial charge in [-0.25, -0.2) is 4.79 Å². The van der Waals surface area contributed by atoms with Gasteiger partial charge in [-0.2, -0.15) is 0 Å². The summed E-state index contributed by atoms with van der Waals surface area (Å²) in [6, 6.07) is 0. The third-order valence-corrected chi connectivity index (χ3v) is 8.37. The van der Waals surface area contributed by atoms with Crippen LogP contribution in [0.15, 0.2) is 11.6 Å². The molecule has 2 bridgehead atoms. The van der Waals surface area contributed by atoms with E-state index < -0.39 is 66.0 Å². The van der Waals surface area contributed by atoms with E-state index in [1.165, 1.54) is 21.3 Å². The molecule has 2 rings (SSSR count). The zero-order valence-electron chi connectivity index (χ0n) is 23.7. The van der Waals surface area contributed by atoms with Crippen molar-refractivity contribution in [2.24, 2.45) is 11.3 Å². The Bertz CT molecular complexity index is 783. The van der Waals surface area contributed by atoms with Crippen molar-refractivity contribution in [2.75, 3.05) is 27.9 Å². The molecule has 0 spiro atoms. The fourth-order valence-electron chi connectivity index (χ4n) is 5.30. The van der Waals surface area contributed by atoms with Crippen LogP contribution >= 0.6 is 0 Å². The first-order valence-corrected chi connectivity index (χ1v) is 13.3. The van der Waals surface area contributed by atoms with Crippen molar-refractivity contribution in [1.82, 2.24) is 0 Å². The molecule has 0 aliphatic carbocycles. The summed E-state index contributed by atoms with van der Waals surface area (Å²) in [6.45, 7) is 6.81. The number of rotatable bonds is 7. The third-order valence-electron chi connectivity index (χ3n) is 8.37. The molecule has 2 aliphatic heterocycles. The Kier molecular flexibility index (Phi) is 12.1. The van der Waals surface area contributed by atoms with Crippen molar-refractivity contribution in [1.29, 1.82) is 0 Å². The zero-order chi connectivity index (χ0) is 28.8. The molecule has 222 valence electrons. The molecular weight excluding hydrogens is 500 g/mol. The van der Waals surface area contributed by atoms with E-state index in [1.807, 2.05) is 13.0 Å². The molecule has 0 saturated carbocycles. The lowest BCUT2D eigenvalue weighted by Gasteiger charge is -2.54. The van der Waals surface area contributed by atoms with E-state index >= 15 is 0 Å². The van der Waals surface area contributed by atoms with E-state index in [4.69, 9.17) is 23.7 Å². The predicted molar refractivity (Wildman–Crippen MR) is 137 cm³/mol. The van der Waals surface area contributed by atoms with Crippen molar-refractivity contribution in [3.8, 4) is 0 Å². The summed E-state index contributed by atoms with van der Waals surface area (Å²) in [5.41, 5.74) is -0.730. The molecular formula is C27H48O11. The second kappa shape index (κ2) is 14.0. The molecule has 38 heavy (non-hydrogen) atoms. The lowest BCUT2D eigenvalue weighted by Crippen LogP contribution is -2.68. The van der Waals surface area contributed by atoms with Gasteiger partial charge in [-0.3, -0.25) is 0 Å². The molecule has 1 unspecified atom stereocenters. The molecule has 2 aliphatic rings. The highest BCUT2D eigenvalue weighted by molar-refractivity contribution is 5.75. The van der Waals surface area contributed by atoms with Gasteiger partial charge in [0.05, 0.1) is 30.5 Å². The number of carbonyl (C=O) groups is 1. The fraction of sp³-hybridized carbons (Fsp3) is 0.889. The van der Waals surface area contributed by atoms with Crippen LogP contribution < -0.4 is 0 Å². The van der Waals surface area contributed by atoms with Crippen LogP contribution in [0.25, 0.3) is 0 Å². The minimum Gasteiger partial charge on any atom is -0.456 e. The van der Waals surface area contributed by atoms with Crippen LogP contribution in [0.3, 0.4) is 0 Å². The van der Waals surface area contributed by atoms with Crippen molar-refractivity contribution >= 4 is 5.97 Å². The number of esters is 1. The Morgan fingerprint density at radius 2 is 1.66 bits per heavy atom. The van der Waals surface area contributed by atoms with E-state index in [2.05, 4.69) is 0 Å². The molecule has 11 nitrogen and oxygen atoms in total. The quantitative estimate of drug-likeness (QED) is 0.224. The first kappa shape index (κ1) is 33.1. The van der Waals surface area contributed by atoms with Gasteiger partial charge in [-0.1, -0.05) is 26.8 Å². The molecule has 10 atom stereocenters. The highest BCUT2D eigenvalue weighted by Crippen LogP contribution is 2.46. The van der Waals surface area contributed by atoms with Crippen molar-refractivity contribution in [3.05, 3.63) is 11.6 Å². The van der Waals surface area contributed by atoms with Crippen molar-refractivity contribution < 1.29 is 54.0 Å². The molecule has 2 fully saturated rings. The Morgan fingerprint density at radius 1 is 1.05 bits per heavy atom. The maximum Gasteiger partial charge on any atom is 0.338 e. The first-order valence-electron chi connectivity index (χ1n) is 13.3. The molecule has 0 radical (unpaired) electrons. The summed E-state index contributed by atoms with van der Waals surface area (Å²) < 4.78 is 28.3. The monoisotopic (exact) mass is 548 g/mol. The van der Waals surface area contributed by atoms with Crippen molar-refractivity contribution in [2.45, 2.75) is 114 Å². The average molecular weight is 549 g/mol. The van der Waals surface area contributed by atoms with Crippen molar-refractivity contribution in [3.63, 3.8) is 0 Å². The lowest BCUT2D eigenvalue weighted by molar-refractivity contribution is -0.379. The number of hydrogen-bond donors (Lipinski definition) is 5. The summed E-state index contributed by atoms with van der Waals surface area (Å²) in [6.07, 6.45) is -5.71. The SMILES string of the molecule is CC[C@@H](/C=C(\C)C1C[C@H](OC)C[C@@H](O)C(C)(C)[C@@]2(O)O[C@@H](C[C@H](OC)[C@@H](O)C(=O)O1)C[C@@H](OC)[C@H]2O)CO. The van der Waals surface area contributed by atoms with E-state index in [0.29, 0.717) is 12.0 Å². The second-order valence-electron chi connectivity index (χ2n) is 11.1. The van der Waals surface area contributed by atoms with Crippen LogP contribution in [-0.2, 0) is 28.5 Å². The molecule has 2 heterocycles. The second-order valence-corrected chi connectivity index (χ2v) is 11.1. The van der Waals surface area contributed by atoms with Crippen LogP contribution in [0.1, 0.15) is 59.8 Å². The van der Waals surface area contributed by atoms with E-state index in [-0.39, 0.29) is 38.2 Å². The Balaban J connectivity index is 2.56. The number of aliphatic hydroxyl groups is 5. The van der Waals surface area contributed by atoms with Gasteiger partial charge in [-0.15, -0.1) is 0 Å². The minimum absolute atomic E-state index is 0.0174. The van der Waals surface area contributed by atoms with E-state index in [9.17, 15) is 30.3 Å². The lowest BCUT2D eigenvalue weighted by atomic mass is 9.70. The third kappa shape index (κ3) is 7.13.